The normalized spacial score (nSPS) is 11.6. The van der Waals surface area contributed by atoms with Gasteiger partial charge in [0.05, 0.1) is 9.92 Å². The van der Waals surface area contributed by atoms with Gasteiger partial charge in [-0.2, -0.15) is 0 Å². The second-order valence-electron chi connectivity index (χ2n) is 4.78. The first-order valence-electron chi connectivity index (χ1n) is 6.46. The van der Waals surface area contributed by atoms with Gasteiger partial charge in [-0.1, -0.05) is 23.7 Å². The second-order valence-corrected chi connectivity index (χ2v) is 7.11. The van der Waals surface area contributed by atoms with E-state index in [0.717, 1.165) is 24.3 Å². The van der Waals surface area contributed by atoms with E-state index in [1.165, 1.54) is 18.2 Å². The second kappa shape index (κ2) is 5.82. The van der Waals surface area contributed by atoms with Crippen LogP contribution in [0, 0.1) is 0 Å². The van der Waals surface area contributed by atoms with Crippen molar-refractivity contribution in [2.75, 3.05) is 0 Å². The van der Waals surface area contributed by atoms with Gasteiger partial charge in [-0.25, -0.2) is 18.5 Å². The number of phenols is 1. The maximum Gasteiger partial charge on any atom is 0.355 e. The van der Waals surface area contributed by atoms with E-state index in [1.807, 2.05) is 0 Å². The molecule has 1 heterocycles. The summed E-state index contributed by atoms with van der Waals surface area (Å²) in [5, 5.41) is 18.2. The quantitative estimate of drug-likeness (QED) is 0.415. The van der Waals surface area contributed by atoms with Crippen molar-refractivity contribution in [2.45, 2.75) is 9.79 Å². The number of aromatic hydroxyl groups is 1. The number of hydrogen-bond acceptors (Lipinski definition) is 7. The SMILES string of the molecule is O=c1oc2c(OO)cccc2cc1S(=O)(=O)c1ccc(O)c(Cl)c1. The van der Waals surface area contributed by atoms with Crippen LogP contribution in [0.15, 0.2) is 61.5 Å². The minimum absolute atomic E-state index is 0.0901. The molecular weight excluding hydrogens is 360 g/mol. The highest BCUT2D eigenvalue weighted by molar-refractivity contribution is 7.91. The van der Waals surface area contributed by atoms with E-state index < -0.39 is 20.4 Å². The van der Waals surface area contributed by atoms with Crippen molar-refractivity contribution in [1.82, 2.24) is 0 Å². The van der Waals surface area contributed by atoms with Crippen molar-refractivity contribution >= 4 is 32.4 Å². The predicted molar refractivity (Wildman–Crippen MR) is 84.3 cm³/mol. The van der Waals surface area contributed by atoms with Crippen molar-refractivity contribution in [3.63, 3.8) is 0 Å². The fraction of sp³-hybridized carbons (Fsp3) is 0. The van der Waals surface area contributed by atoms with E-state index in [0.29, 0.717) is 0 Å². The molecule has 0 spiro atoms. The van der Waals surface area contributed by atoms with Crippen LogP contribution in [0.3, 0.4) is 0 Å². The molecule has 0 saturated carbocycles. The molecule has 24 heavy (non-hydrogen) atoms. The monoisotopic (exact) mass is 368 g/mol. The van der Waals surface area contributed by atoms with Gasteiger partial charge in [-0.3, -0.25) is 0 Å². The number of para-hydroxylation sites is 1. The number of halogens is 1. The lowest BCUT2D eigenvalue weighted by molar-refractivity contribution is -0.136. The molecule has 0 fully saturated rings. The van der Waals surface area contributed by atoms with Gasteiger partial charge >= 0.3 is 5.63 Å². The van der Waals surface area contributed by atoms with Crippen molar-refractivity contribution in [1.29, 1.82) is 0 Å². The molecular formula is C15H9ClO7S. The molecule has 0 aliphatic carbocycles. The number of benzene rings is 2. The summed E-state index contributed by atoms with van der Waals surface area (Å²) < 4.78 is 30.2. The molecule has 2 aromatic carbocycles. The highest BCUT2D eigenvalue weighted by atomic mass is 35.5. The third kappa shape index (κ3) is 2.60. The summed E-state index contributed by atoms with van der Waals surface area (Å²) in [4.78, 5) is 15.3. The molecule has 0 bridgehead atoms. The van der Waals surface area contributed by atoms with E-state index >= 15 is 0 Å². The van der Waals surface area contributed by atoms with E-state index in [-0.39, 0.29) is 32.4 Å². The summed E-state index contributed by atoms with van der Waals surface area (Å²) in [6.07, 6.45) is 0. The highest BCUT2D eigenvalue weighted by Crippen LogP contribution is 2.30. The first-order chi connectivity index (χ1) is 11.3. The summed E-state index contributed by atoms with van der Waals surface area (Å²) in [5.41, 5.74) is -1.22. The minimum atomic E-state index is -4.23. The van der Waals surface area contributed by atoms with Gasteiger partial charge in [0, 0.05) is 5.39 Å². The van der Waals surface area contributed by atoms with Crippen LogP contribution in [-0.2, 0) is 9.84 Å². The lowest BCUT2D eigenvalue weighted by atomic mass is 10.2. The Balaban J connectivity index is 2.26. The molecule has 124 valence electrons. The number of fused-ring (bicyclic) bond motifs is 1. The lowest BCUT2D eigenvalue weighted by Crippen LogP contribution is -2.14. The Morgan fingerprint density at radius 1 is 1.12 bits per heavy atom. The molecule has 2 N–H and O–H groups in total. The highest BCUT2D eigenvalue weighted by Gasteiger charge is 2.25. The lowest BCUT2D eigenvalue weighted by Gasteiger charge is -2.07. The van der Waals surface area contributed by atoms with Crippen molar-refractivity contribution in [2.24, 2.45) is 0 Å². The fourth-order valence-corrected chi connectivity index (χ4v) is 3.70. The molecule has 0 radical (unpaired) electrons. The van der Waals surface area contributed by atoms with Gasteiger partial charge in [0.25, 0.3) is 0 Å². The maximum absolute atomic E-state index is 12.6. The molecule has 1 aromatic heterocycles. The number of sulfone groups is 1. The third-order valence-electron chi connectivity index (χ3n) is 3.31. The molecule has 0 unspecified atom stereocenters. The molecule has 3 aromatic rings. The van der Waals surface area contributed by atoms with E-state index in [1.54, 1.807) is 0 Å². The first-order valence-corrected chi connectivity index (χ1v) is 8.32. The van der Waals surface area contributed by atoms with Crippen molar-refractivity contribution in [3.8, 4) is 11.5 Å². The van der Waals surface area contributed by atoms with Crippen LogP contribution < -0.4 is 10.5 Å². The first kappa shape index (κ1) is 16.3. The molecule has 3 rings (SSSR count). The van der Waals surface area contributed by atoms with Gasteiger partial charge in [0.1, 0.15) is 5.75 Å². The summed E-state index contributed by atoms with van der Waals surface area (Å²) in [6, 6.07) is 8.69. The van der Waals surface area contributed by atoms with Crippen LogP contribution in [0.25, 0.3) is 11.0 Å². The molecule has 0 amide bonds. The average molecular weight is 369 g/mol. The third-order valence-corrected chi connectivity index (χ3v) is 5.35. The predicted octanol–water partition coefficient (Wildman–Crippen LogP) is 2.84. The van der Waals surface area contributed by atoms with Gasteiger partial charge in [0.2, 0.25) is 15.6 Å². The van der Waals surface area contributed by atoms with Gasteiger partial charge in [-0.15, -0.1) is 0 Å². The fourth-order valence-electron chi connectivity index (χ4n) is 2.14. The summed E-state index contributed by atoms with van der Waals surface area (Å²) in [6.45, 7) is 0. The number of hydrogen-bond donors (Lipinski definition) is 2. The van der Waals surface area contributed by atoms with Crippen molar-refractivity contribution in [3.05, 3.63) is 57.9 Å². The van der Waals surface area contributed by atoms with E-state index in [4.69, 9.17) is 21.3 Å². The molecule has 0 saturated heterocycles. The Kier molecular flexibility index (Phi) is 3.96. The largest absolute Gasteiger partial charge is 0.506 e. The van der Waals surface area contributed by atoms with Gasteiger partial charge in [-0.05, 0) is 30.3 Å². The molecule has 0 atom stereocenters. The van der Waals surface area contributed by atoms with Crippen LogP contribution in [0.2, 0.25) is 5.02 Å². The number of phenolic OH excluding ortho intramolecular Hbond substituents is 1. The van der Waals surface area contributed by atoms with Crippen LogP contribution in [0.5, 0.6) is 11.5 Å². The van der Waals surface area contributed by atoms with Crippen LogP contribution in [0.4, 0.5) is 0 Å². The average Bonchev–Trinajstić information content (AvgIpc) is 2.56. The zero-order valence-corrected chi connectivity index (χ0v) is 13.3. The van der Waals surface area contributed by atoms with Crippen LogP contribution in [0.1, 0.15) is 0 Å². The zero-order chi connectivity index (χ0) is 17.5. The van der Waals surface area contributed by atoms with E-state index in [2.05, 4.69) is 4.89 Å². The molecule has 0 aliphatic heterocycles. The Bertz CT molecular complexity index is 1100. The van der Waals surface area contributed by atoms with Crippen LogP contribution >= 0.6 is 11.6 Å². The maximum atomic E-state index is 12.6. The van der Waals surface area contributed by atoms with Crippen LogP contribution in [-0.4, -0.2) is 18.8 Å². The van der Waals surface area contributed by atoms with Gasteiger partial charge < -0.3 is 14.4 Å². The smallest absolute Gasteiger partial charge is 0.355 e. The van der Waals surface area contributed by atoms with Crippen molar-refractivity contribution < 1.29 is 28.1 Å². The summed E-state index contributed by atoms with van der Waals surface area (Å²) >= 11 is 5.72. The Hall–Kier alpha value is -2.55. The summed E-state index contributed by atoms with van der Waals surface area (Å²) in [7, 11) is -4.23. The van der Waals surface area contributed by atoms with E-state index in [9.17, 15) is 18.3 Å². The topological polar surface area (TPSA) is 114 Å². The minimum Gasteiger partial charge on any atom is -0.506 e. The Morgan fingerprint density at radius 2 is 1.88 bits per heavy atom. The Morgan fingerprint density at radius 3 is 2.54 bits per heavy atom. The molecule has 9 heteroatoms. The zero-order valence-electron chi connectivity index (χ0n) is 11.8. The molecule has 0 aliphatic rings. The molecule has 7 nitrogen and oxygen atoms in total. The van der Waals surface area contributed by atoms with Gasteiger partial charge in [0.15, 0.2) is 10.5 Å². The summed E-state index contributed by atoms with van der Waals surface area (Å²) in [5.74, 6) is -0.410. The number of rotatable bonds is 3. The standard InChI is InChI=1S/C15H9ClO7S/c16-10-7-9(4-5-11(10)17)24(20,21)13-6-8-2-1-3-12(23-19)14(8)22-15(13)18/h1-7,17,19H. The Labute approximate surface area is 140 Å².